The monoisotopic (exact) mass is 524 g/mol. The number of piperidine rings is 2. The van der Waals surface area contributed by atoms with Gasteiger partial charge in [0.05, 0.1) is 15.9 Å². The van der Waals surface area contributed by atoms with E-state index in [4.69, 9.17) is 4.98 Å². The second-order valence-electron chi connectivity index (χ2n) is 11.4. The second kappa shape index (κ2) is 9.79. The normalized spacial score (nSPS) is 21.2. The van der Waals surface area contributed by atoms with Crippen molar-refractivity contribution in [2.45, 2.75) is 55.4 Å². The summed E-state index contributed by atoms with van der Waals surface area (Å²) in [6.45, 7) is 5.83. The highest BCUT2D eigenvalue weighted by molar-refractivity contribution is 7.90. The zero-order valence-corrected chi connectivity index (χ0v) is 22.7. The van der Waals surface area contributed by atoms with Crippen LogP contribution in [0.15, 0.2) is 41.3 Å². The van der Waals surface area contributed by atoms with Crippen LogP contribution >= 0.6 is 0 Å². The smallest absolute Gasteiger partial charge is 0.175 e. The Morgan fingerprint density at radius 1 is 0.946 bits per heavy atom. The number of halogens is 1. The van der Waals surface area contributed by atoms with Crippen LogP contribution in [-0.2, 0) is 16.9 Å². The summed E-state index contributed by atoms with van der Waals surface area (Å²) in [6, 6.07) is 11.0. The molecule has 6 rings (SSSR count). The molecule has 3 aliphatic rings. The van der Waals surface area contributed by atoms with Crippen LogP contribution in [0.5, 0.6) is 0 Å². The van der Waals surface area contributed by atoms with Gasteiger partial charge in [-0.2, -0.15) is 0 Å². The maximum Gasteiger partial charge on any atom is 0.175 e. The third kappa shape index (κ3) is 5.20. The van der Waals surface area contributed by atoms with E-state index in [0.717, 1.165) is 54.0 Å². The zero-order valence-electron chi connectivity index (χ0n) is 21.9. The van der Waals surface area contributed by atoms with Crippen molar-refractivity contribution in [3.05, 3.63) is 47.8 Å². The molecular weight excluding hydrogens is 487 g/mol. The SMILES string of the molecule is Cn1c(-c2ccc(S(C)(=O)=O)cc2)nc2cc(C3CCN(C4CCN(CC5CC5)CC4)CC3)c(F)cc21. The molecule has 0 amide bonds. The van der Waals surface area contributed by atoms with Crippen molar-refractivity contribution in [3.63, 3.8) is 0 Å². The average Bonchev–Trinajstić information content (AvgIpc) is 3.66. The number of fused-ring (bicyclic) bond motifs is 1. The molecule has 0 spiro atoms. The van der Waals surface area contributed by atoms with Gasteiger partial charge in [-0.1, -0.05) is 0 Å². The molecule has 6 nitrogen and oxygen atoms in total. The first kappa shape index (κ1) is 25.0. The van der Waals surface area contributed by atoms with E-state index in [9.17, 15) is 8.42 Å². The lowest BCUT2D eigenvalue weighted by atomic mass is 9.87. The van der Waals surface area contributed by atoms with Gasteiger partial charge in [-0.15, -0.1) is 0 Å². The number of aromatic nitrogens is 2. The Labute approximate surface area is 219 Å². The minimum atomic E-state index is -3.26. The Morgan fingerprint density at radius 3 is 2.24 bits per heavy atom. The van der Waals surface area contributed by atoms with Crippen LogP contribution < -0.4 is 0 Å². The molecule has 3 heterocycles. The van der Waals surface area contributed by atoms with Gasteiger partial charge < -0.3 is 14.4 Å². The molecule has 2 aliphatic heterocycles. The van der Waals surface area contributed by atoms with Crippen molar-refractivity contribution in [2.75, 3.05) is 39.0 Å². The van der Waals surface area contributed by atoms with E-state index < -0.39 is 9.84 Å². The zero-order chi connectivity index (χ0) is 25.7. The summed E-state index contributed by atoms with van der Waals surface area (Å²) in [4.78, 5) is 10.4. The van der Waals surface area contributed by atoms with Crippen molar-refractivity contribution < 1.29 is 12.8 Å². The molecule has 0 atom stereocenters. The third-order valence-electron chi connectivity index (χ3n) is 8.80. The van der Waals surface area contributed by atoms with Gasteiger partial charge in [0.25, 0.3) is 0 Å². The standard InChI is InChI=1S/C29H37FN4O2S/c1-32-28-18-26(30)25(17-27(28)31-29(32)22-5-7-24(8-6-22)37(2,35)36)21-9-15-34(16-10-21)23-11-13-33(14-12-23)19-20-3-4-20/h5-8,17-18,20-21,23H,3-4,9-16,19H2,1-2H3. The molecule has 198 valence electrons. The maximum atomic E-state index is 15.4. The van der Waals surface area contributed by atoms with Gasteiger partial charge in [0.1, 0.15) is 11.6 Å². The Morgan fingerprint density at radius 2 is 1.62 bits per heavy atom. The Kier molecular flexibility index (Phi) is 6.62. The highest BCUT2D eigenvalue weighted by Gasteiger charge is 2.32. The molecule has 1 aromatic heterocycles. The van der Waals surface area contributed by atoms with Gasteiger partial charge in [-0.3, -0.25) is 0 Å². The highest BCUT2D eigenvalue weighted by atomic mass is 32.2. The van der Waals surface area contributed by atoms with Crippen LogP contribution in [0.3, 0.4) is 0 Å². The molecule has 3 aromatic rings. The minimum Gasteiger partial charge on any atom is -0.327 e. The van der Waals surface area contributed by atoms with E-state index in [1.54, 1.807) is 30.3 Å². The molecule has 1 saturated carbocycles. The Balaban J connectivity index is 1.14. The molecule has 0 bridgehead atoms. The van der Waals surface area contributed by atoms with Crippen molar-refractivity contribution in [1.29, 1.82) is 0 Å². The summed E-state index contributed by atoms with van der Waals surface area (Å²) < 4.78 is 40.9. The molecule has 2 saturated heterocycles. The molecule has 3 fully saturated rings. The van der Waals surface area contributed by atoms with E-state index in [0.29, 0.717) is 11.9 Å². The van der Waals surface area contributed by atoms with Crippen molar-refractivity contribution >= 4 is 20.9 Å². The van der Waals surface area contributed by atoms with E-state index in [1.807, 2.05) is 17.7 Å². The van der Waals surface area contributed by atoms with Crippen LogP contribution in [-0.4, -0.2) is 72.8 Å². The van der Waals surface area contributed by atoms with Crippen LogP contribution in [0.25, 0.3) is 22.4 Å². The quantitative estimate of drug-likeness (QED) is 0.462. The van der Waals surface area contributed by atoms with Crippen molar-refractivity contribution in [3.8, 4) is 11.4 Å². The Bertz CT molecular complexity index is 1380. The highest BCUT2D eigenvalue weighted by Crippen LogP contribution is 2.36. The van der Waals surface area contributed by atoms with Gasteiger partial charge in [0, 0.05) is 37.5 Å². The topological polar surface area (TPSA) is 58.4 Å². The molecule has 0 N–H and O–H groups in total. The fraction of sp³-hybridized carbons (Fsp3) is 0.552. The van der Waals surface area contributed by atoms with Gasteiger partial charge >= 0.3 is 0 Å². The number of hydrogen-bond acceptors (Lipinski definition) is 5. The van der Waals surface area contributed by atoms with Gasteiger partial charge in [0.2, 0.25) is 0 Å². The summed E-state index contributed by atoms with van der Waals surface area (Å²) in [5, 5.41) is 0. The summed E-state index contributed by atoms with van der Waals surface area (Å²) >= 11 is 0. The second-order valence-corrected chi connectivity index (χ2v) is 13.5. The van der Waals surface area contributed by atoms with Gasteiger partial charge in [-0.05, 0) is 112 Å². The fourth-order valence-corrected chi connectivity index (χ4v) is 6.99. The molecule has 0 radical (unpaired) electrons. The predicted molar refractivity (Wildman–Crippen MR) is 145 cm³/mol. The van der Waals surface area contributed by atoms with Gasteiger partial charge in [0.15, 0.2) is 9.84 Å². The van der Waals surface area contributed by atoms with Crippen molar-refractivity contribution in [1.82, 2.24) is 19.4 Å². The van der Waals surface area contributed by atoms with Crippen LogP contribution in [0.2, 0.25) is 0 Å². The lowest BCUT2D eigenvalue weighted by Gasteiger charge is -2.42. The number of aryl methyl sites for hydroxylation is 1. The molecule has 37 heavy (non-hydrogen) atoms. The van der Waals surface area contributed by atoms with E-state index in [1.165, 1.54) is 51.6 Å². The summed E-state index contributed by atoms with van der Waals surface area (Å²) in [5.41, 5.74) is 3.12. The summed E-state index contributed by atoms with van der Waals surface area (Å²) in [5.74, 6) is 1.74. The maximum absolute atomic E-state index is 15.4. The number of nitrogens with zero attached hydrogens (tertiary/aromatic N) is 4. The molecule has 8 heteroatoms. The number of sulfone groups is 1. The molecule has 2 aromatic carbocycles. The number of likely N-dealkylation sites (tertiary alicyclic amines) is 2. The largest absolute Gasteiger partial charge is 0.327 e. The number of rotatable bonds is 6. The molecular formula is C29H37FN4O2S. The van der Waals surface area contributed by atoms with Crippen LogP contribution in [0.1, 0.15) is 50.0 Å². The van der Waals surface area contributed by atoms with E-state index in [2.05, 4.69) is 9.80 Å². The first-order valence-electron chi connectivity index (χ1n) is 13.7. The lowest BCUT2D eigenvalue weighted by Crippen LogP contribution is -2.47. The van der Waals surface area contributed by atoms with E-state index in [-0.39, 0.29) is 16.6 Å². The van der Waals surface area contributed by atoms with Crippen molar-refractivity contribution in [2.24, 2.45) is 13.0 Å². The molecule has 0 unspecified atom stereocenters. The third-order valence-corrected chi connectivity index (χ3v) is 9.92. The summed E-state index contributed by atoms with van der Waals surface area (Å²) in [7, 11) is -1.38. The van der Waals surface area contributed by atoms with Gasteiger partial charge in [-0.25, -0.2) is 17.8 Å². The fourth-order valence-electron chi connectivity index (χ4n) is 6.36. The average molecular weight is 525 g/mol. The first-order valence-corrected chi connectivity index (χ1v) is 15.6. The molecule has 1 aliphatic carbocycles. The van der Waals surface area contributed by atoms with E-state index >= 15 is 4.39 Å². The number of benzene rings is 2. The minimum absolute atomic E-state index is 0.152. The first-order chi connectivity index (χ1) is 17.8. The number of hydrogen-bond donors (Lipinski definition) is 0. The van der Waals surface area contributed by atoms with Crippen LogP contribution in [0, 0.1) is 11.7 Å². The lowest BCUT2D eigenvalue weighted by molar-refractivity contribution is 0.0852. The van der Waals surface area contributed by atoms with Crippen LogP contribution in [0.4, 0.5) is 4.39 Å². The number of imidazole rings is 1. The Hall–Kier alpha value is -2.29. The predicted octanol–water partition coefficient (Wildman–Crippen LogP) is 4.84. The summed E-state index contributed by atoms with van der Waals surface area (Å²) in [6.07, 6.45) is 8.54.